The van der Waals surface area contributed by atoms with E-state index in [1.807, 2.05) is 36.2 Å². The molecule has 2 aromatic carbocycles. The molecular weight excluding hydrogens is 234 g/mol. The fourth-order valence-electron chi connectivity index (χ4n) is 2.27. The van der Waals surface area contributed by atoms with Crippen LogP contribution in [0.15, 0.2) is 36.4 Å². The lowest BCUT2D eigenvalue weighted by molar-refractivity contribution is -0.379. The van der Waals surface area contributed by atoms with Gasteiger partial charge in [-0.05, 0) is 37.5 Å². The van der Waals surface area contributed by atoms with Crippen molar-refractivity contribution in [1.29, 1.82) is 0 Å². The van der Waals surface area contributed by atoms with Gasteiger partial charge < -0.3 is 5.11 Å². The van der Waals surface area contributed by atoms with Crippen molar-refractivity contribution in [3.8, 4) is 5.75 Å². The minimum atomic E-state index is 0.269. The fraction of sp³-hybridized carbons (Fsp3) is 0.176. The summed E-state index contributed by atoms with van der Waals surface area (Å²) in [5, 5.41) is 9.88. The van der Waals surface area contributed by atoms with Crippen LogP contribution < -0.4 is 0 Å². The summed E-state index contributed by atoms with van der Waals surface area (Å²) in [5.41, 5.74) is 5.29. The van der Waals surface area contributed by atoms with Gasteiger partial charge in [0.05, 0.1) is 12.5 Å². The highest BCUT2D eigenvalue weighted by Crippen LogP contribution is 2.27. The van der Waals surface area contributed by atoms with Gasteiger partial charge in [-0.2, -0.15) is 0 Å². The maximum absolute atomic E-state index is 9.88. The highest BCUT2D eigenvalue weighted by molar-refractivity contribution is 5.49. The van der Waals surface area contributed by atoms with Gasteiger partial charge in [-0.1, -0.05) is 35.9 Å². The topological polar surface area (TPSA) is 23.2 Å². The number of aryl methyl sites for hydroxylation is 3. The van der Waals surface area contributed by atoms with Crippen molar-refractivity contribution in [3.63, 3.8) is 0 Å². The molecule has 0 aliphatic heterocycles. The van der Waals surface area contributed by atoms with Crippen molar-refractivity contribution in [2.24, 2.45) is 0 Å². The monoisotopic (exact) mass is 253 g/mol. The van der Waals surface area contributed by atoms with E-state index in [1.165, 1.54) is 11.1 Å². The molecule has 19 heavy (non-hydrogen) atoms. The van der Waals surface area contributed by atoms with Gasteiger partial charge in [0, 0.05) is 0 Å². The summed E-state index contributed by atoms with van der Waals surface area (Å²) in [4.78, 5) is 0. The molecule has 0 spiro atoms. The molecule has 1 N–H and O–H groups in total. The van der Waals surface area contributed by atoms with Crippen LogP contribution in [0.3, 0.4) is 0 Å². The summed E-state index contributed by atoms with van der Waals surface area (Å²) >= 11 is 0. The first-order chi connectivity index (χ1) is 8.99. The Morgan fingerprint density at radius 1 is 1.05 bits per heavy atom. The van der Waals surface area contributed by atoms with Gasteiger partial charge in [0.1, 0.15) is 6.54 Å². The van der Waals surface area contributed by atoms with Gasteiger partial charge in [0.25, 0.3) is 0 Å². The summed E-state index contributed by atoms with van der Waals surface area (Å²) in [7, 11) is 0. The van der Waals surface area contributed by atoms with E-state index >= 15 is 0 Å². The summed E-state index contributed by atoms with van der Waals surface area (Å²) in [5.74, 6) is 0.269. The minimum absolute atomic E-state index is 0.269. The molecule has 0 aliphatic carbocycles. The molecule has 0 atom stereocenters. The molecule has 0 saturated carbocycles. The van der Waals surface area contributed by atoms with E-state index in [4.69, 9.17) is 0 Å². The first-order valence-corrected chi connectivity index (χ1v) is 6.29. The molecule has 0 amide bonds. The van der Waals surface area contributed by atoms with E-state index < -0.39 is 0 Å². The van der Waals surface area contributed by atoms with Crippen LogP contribution in [0.4, 0.5) is 5.69 Å². The number of nitrogens with zero attached hydrogens (tertiary/aromatic N) is 1. The number of phenols is 1. The third-order valence-corrected chi connectivity index (χ3v) is 3.20. The van der Waals surface area contributed by atoms with Gasteiger partial charge in [0.2, 0.25) is 0 Å². The van der Waals surface area contributed by atoms with Crippen LogP contribution in [0.2, 0.25) is 0 Å². The summed E-state index contributed by atoms with van der Waals surface area (Å²) < 4.78 is 1.82. The summed E-state index contributed by atoms with van der Waals surface area (Å²) in [6, 6.07) is 11.7. The van der Waals surface area contributed by atoms with Crippen LogP contribution in [0.1, 0.15) is 22.3 Å². The average molecular weight is 253 g/mol. The second kappa shape index (κ2) is 5.19. The molecule has 0 fully saturated rings. The lowest BCUT2D eigenvalue weighted by Gasteiger charge is -2.14. The van der Waals surface area contributed by atoms with E-state index in [-0.39, 0.29) is 5.75 Å². The van der Waals surface area contributed by atoms with Crippen molar-refractivity contribution in [3.05, 3.63) is 65.2 Å². The van der Waals surface area contributed by atoms with Crippen LogP contribution in [0.25, 0.3) is 0 Å². The molecule has 0 aromatic heterocycles. The van der Waals surface area contributed by atoms with E-state index in [0.29, 0.717) is 0 Å². The number of aromatic hydroxyl groups is 1. The Bertz CT molecular complexity index is 609. The lowest BCUT2D eigenvalue weighted by Crippen LogP contribution is -2.04. The lowest BCUT2D eigenvalue weighted by atomic mass is 10.1. The van der Waals surface area contributed by atoms with Gasteiger partial charge in [0.15, 0.2) is 5.69 Å². The molecular formula is C17H19NO. The molecule has 0 radical (unpaired) electrons. The van der Waals surface area contributed by atoms with Gasteiger partial charge in [-0.15, -0.1) is 6.07 Å². The third kappa shape index (κ3) is 2.79. The Labute approximate surface area is 114 Å². The normalized spacial score (nSPS) is 10.3. The van der Waals surface area contributed by atoms with Crippen molar-refractivity contribution in [1.82, 2.24) is 0 Å². The summed E-state index contributed by atoms with van der Waals surface area (Å²) in [6.07, 6.45) is 0. The second-order valence-electron chi connectivity index (χ2n) is 4.90. The summed E-state index contributed by atoms with van der Waals surface area (Å²) in [6.45, 7) is 12.0. The van der Waals surface area contributed by atoms with Crippen LogP contribution >= 0.6 is 0 Å². The quantitative estimate of drug-likeness (QED) is 0.501. The Hall–Kier alpha value is -2.22. The van der Waals surface area contributed by atoms with E-state index in [0.717, 1.165) is 16.8 Å². The molecule has 0 heterocycles. The molecule has 2 aromatic rings. The number of benzene rings is 2. The van der Waals surface area contributed by atoms with Crippen LogP contribution in [0.5, 0.6) is 5.75 Å². The molecule has 2 nitrogen and oxygen atoms in total. The molecule has 0 unspecified atom stereocenters. The highest BCUT2D eigenvalue weighted by Gasteiger charge is 2.10. The number of rotatable bonds is 3. The van der Waals surface area contributed by atoms with E-state index in [1.54, 1.807) is 6.07 Å². The third-order valence-electron chi connectivity index (χ3n) is 3.20. The maximum Gasteiger partial charge on any atom is 0.153 e. The first-order valence-electron chi connectivity index (χ1n) is 6.29. The van der Waals surface area contributed by atoms with E-state index in [2.05, 4.69) is 32.7 Å². The molecule has 0 aliphatic rings. The second-order valence-corrected chi connectivity index (χ2v) is 4.90. The average Bonchev–Trinajstić information content (AvgIpc) is 2.33. The SMILES string of the molecule is C=[N+]([CH-]c1cc(C)ccc1O)c1c(C)cccc1C. The Morgan fingerprint density at radius 3 is 2.32 bits per heavy atom. The zero-order chi connectivity index (χ0) is 14.0. The van der Waals surface area contributed by atoms with Crippen molar-refractivity contribution in [2.75, 3.05) is 0 Å². The number of hydrogen-bond acceptors (Lipinski definition) is 1. The molecule has 98 valence electrons. The van der Waals surface area contributed by atoms with Gasteiger partial charge in [-0.25, -0.2) is 0 Å². The maximum atomic E-state index is 9.88. The van der Waals surface area contributed by atoms with Crippen LogP contribution in [0, 0.1) is 27.3 Å². The molecule has 2 heteroatoms. The predicted molar refractivity (Wildman–Crippen MR) is 79.2 cm³/mol. The van der Waals surface area contributed by atoms with Crippen molar-refractivity contribution >= 4 is 12.4 Å². The number of hydrogen-bond donors (Lipinski definition) is 1. The number of para-hydroxylation sites is 1. The standard InChI is InChI=1S/C17H19NO/c1-12-8-9-16(19)15(10-12)11-18(4)17-13(2)6-5-7-14(17)3/h5-11,19H,4H2,1-3H3. The van der Waals surface area contributed by atoms with Gasteiger partial charge in [-0.3, -0.25) is 4.58 Å². The Kier molecular flexibility index (Phi) is 3.61. The number of phenolic OH excluding ortho intramolecular Hbond substituents is 1. The first kappa shape index (κ1) is 13.2. The molecule has 0 saturated heterocycles. The molecule has 0 bridgehead atoms. The predicted octanol–water partition coefficient (Wildman–Crippen LogP) is 3.87. The zero-order valence-corrected chi connectivity index (χ0v) is 11.6. The Morgan fingerprint density at radius 2 is 1.68 bits per heavy atom. The Balaban J connectivity index is 2.34. The van der Waals surface area contributed by atoms with Crippen molar-refractivity contribution in [2.45, 2.75) is 20.8 Å². The van der Waals surface area contributed by atoms with Gasteiger partial charge >= 0.3 is 0 Å². The molecule has 2 rings (SSSR count). The fourth-order valence-corrected chi connectivity index (χ4v) is 2.27. The van der Waals surface area contributed by atoms with Crippen LogP contribution in [-0.2, 0) is 0 Å². The van der Waals surface area contributed by atoms with Crippen molar-refractivity contribution < 1.29 is 9.68 Å². The minimum Gasteiger partial charge on any atom is -0.542 e. The van der Waals surface area contributed by atoms with E-state index in [9.17, 15) is 5.11 Å². The smallest absolute Gasteiger partial charge is 0.153 e. The highest BCUT2D eigenvalue weighted by atomic mass is 16.3. The van der Waals surface area contributed by atoms with Crippen LogP contribution in [-0.4, -0.2) is 16.4 Å². The largest absolute Gasteiger partial charge is 0.542 e. The zero-order valence-electron chi connectivity index (χ0n) is 11.6.